The third-order valence-electron chi connectivity index (χ3n) is 3.26. The predicted molar refractivity (Wildman–Crippen MR) is 74.5 cm³/mol. The van der Waals surface area contributed by atoms with Crippen LogP contribution in [-0.2, 0) is 6.18 Å². The molecule has 0 saturated heterocycles. The molecule has 0 radical (unpaired) electrons. The lowest BCUT2D eigenvalue weighted by Gasteiger charge is -2.11. The summed E-state index contributed by atoms with van der Waals surface area (Å²) in [7, 11) is 0. The Hall–Kier alpha value is -2.97. The summed E-state index contributed by atoms with van der Waals surface area (Å²) in [5.41, 5.74) is -1.90. The molecule has 0 unspecified atom stereocenters. The van der Waals surface area contributed by atoms with Crippen molar-refractivity contribution < 1.29 is 26.7 Å². The molecule has 0 aliphatic rings. The molecule has 1 amide bonds. The fraction of sp³-hybridized carbons (Fsp3) is 0.0667. The van der Waals surface area contributed by atoms with E-state index in [1.165, 1.54) is 16.8 Å². The highest BCUT2D eigenvalue weighted by molar-refractivity contribution is 6.04. The quantitative estimate of drug-likeness (QED) is 0.719. The van der Waals surface area contributed by atoms with E-state index in [-0.39, 0.29) is 17.8 Å². The maximum Gasteiger partial charge on any atom is 0.416 e. The van der Waals surface area contributed by atoms with E-state index in [9.17, 15) is 26.7 Å². The van der Waals surface area contributed by atoms with E-state index in [4.69, 9.17) is 0 Å². The van der Waals surface area contributed by atoms with Gasteiger partial charge in [0.15, 0.2) is 0 Å². The van der Waals surface area contributed by atoms with Gasteiger partial charge in [-0.1, -0.05) is 0 Å². The Balaban J connectivity index is 1.95. The molecule has 24 heavy (non-hydrogen) atoms. The van der Waals surface area contributed by atoms with Gasteiger partial charge in [0.2, 0.25) is 0 Å². The van der Waals surface area contributed by atoms with Crippen LogP contribution >= 0.6 is 0 Å². The first-order valence-electron chi connectivity index (χ1n) is 6.58. The largest absolute Gasteiger partial charge is 0.416 e. The molecule has 2 aromatic heterocycles. The Morgan fingerprint density at radius 2 is 1.75 bits per heavy atom. The molecule has 0 atom stereocenters. The van der Waals surface area contributed by atoms with Crippen molar-refractivity contribution in [1.29, 1.82) is 0 Å². The van der Waals surface area contributed by atoms with E-state index in [1.54, 1.807) is 18.2 Å². The van der Waals surface area contributed by atoms with Gasteiger partial charge in [-0.15, -0.1) is 0 Å². The van der Waals surface area contributed by atoms with E-state index in [2.05, 4.69) is 5.10 Å². The standard InChI is InChI=1S/C15H8F5N3O/c16-10-6-8(15(18,19)20)7-11(17)13(10)22-14(24)12-4-3-9-2-1-5-21-23(9)12/h1-7H,(H,22,24). The number of hydrogen-bond donors (Lipinski definition) is 1. The van der Waals surface area contributed by atoms with Crippen LogP contribution in [0.15, 0.2) is 42.6 Å². The van der Waals surface area contributed by atoms with Gasteiger partial charge in [0, 0.05) is 6.20 Å². The van der Waals surface area contributed by atoms with Gasteiger partial charge in [-0.2, -0.15) is 18.3 Å². The second kappa shape index (κ2) is 5.59. The minimum absolute atomic E-state index is 0.0238. The first-order chi connectivity index (χ1) is 11.3. The van der Waals surface area contributed by atoms with Crippen LogP contribution in [0.5, 0.6) is 0 Å². The Morgan fingerprint density at radius 3 is 2.38 bits per heavy atom. The number of nitrogens with zero attached hydrogens (tertiary/aromatic N) is 2. The number of fused-ring (bicyclic) bond motifs is 1. The lowest BCUT2D eigenvalue weighted by molar-refractivity contribution is -0.137. The molecule has 1 aromatic carbocycles. The highest BCUT2D eigenvalue weighted by Crippen LogP contribution is 2.33. The summed E-state index contributed by atoms with van der Waals surface area (Å²) in [5.74, 6) is -3.96. The lowest BCUT2D eigenvalue weighted by Crippen LogP contribution is -2.18. The maximum absolute atomic E-state index is 13.8. The second-order valence-corrected chi connectivity index (χ2v) is 4.85. The number of nitrogens with one attached hydrogen (secondary N) is 1. The third-order valence-corrected chi connectivity index (χ3v) is 3.26. The average molecular weight is 341 g/mol. The van der Waals surface area contributed by atoms with Gasteiger partial charge in [-0.05, 0) is 36.4 Å². The molecule has 0 bridgehead atoms. The Labute approximate surface area is 131 Å². The van der Waals surface area contributed by atoms with Gasteiger partial charge in [0.1, 0.15) is 23.0 Å². The maximum atomic E-state index is 13.8. The fourth-order valence-electron chi connectivity index (χ4n) is 2.15. The average Bonchev–Trinajstić information content (AvgIpc) is 2.93. The fourth-order valence-corrected chi connectivity index (χ4v) is 2.15. The van der Waals surface area contributed by atoms with Crippen LogP contribution in [0.25, 0.3) is 5.52 Å². The Bertz CT molecular complexity index is 909. The number of carbonyl (C=O) groups is 1. The topological polar surface area (TPSA) is 46.4 Å². The van der Waals surface area contributed by atoms with Crippen LogP contribution in [0.2, 0.25) is 0 Å². The van der Waals surface area contributed by atoms with Gasteiger partial charge < -0.3 is 5.32 Å². The molecule has 9 heteroatoms. The first-order valence-corrected chi connectivity index (χ1v) is 6.58. The van der Waals surface area contributed by atoms with E-state index in [1.807, 2.05) is 5.32 Å². The summed E-state index contributed by atoms with van der Waals surface area (Å²) in [6, 6.07) is 6.45. The lowest BCUT2D eigenvalue weighted by atomic mass is 10.1. The minimum atomic E-state index is -4.90. The summed E-state index contributed by atoms with van der Waals surface area (Å²) < 4.78 is 66.3. The molecule has 3 rings (SSSR count). The van der Waals surface area contributed by atoms with Crippen LogP contribution < -0.4 is 5.32 Å². The van der Waals surface area contributed by atoms with Crippen LogP contribution in [0.4, 0.5) is 27.6 Å². The summed E-state index contributed by atoms with van der Waals surface area (Å²) in [6.07, 6.45) is -3.49. The van der Waals surface area contributed by atoms with Crippen LogP contribution in [0.3, 0.4) is 0 Å². The normalized spacial score (nSPS) is 11.7. The van der Waals surface area contributed by atoms with Crippen molar-refractivity contribution in [3.63, 3.8) is 0 Å². The van der Waals surface area contributed by atoms with Crippen molar-refractivity contribution in [3.8, 4) is 0 Å². The van der Waals surface area contributed by atoms with Crippen LogP contribution in [-0.4, -0.2) is 15.5 Å². The monoisotopic (exact) mass is 341 g/mol. The number of halogens is 5. The number of carbonyl (C=O) groups excluding carboxylic acids is 1. The summed E-state index contributed by atoms with van der Waals surface area (Å²) in [5, 5.41) is 5.85. The van der Waals surface area contributed by atoms with E-state index in [0.29, 0.717) is 5.52 Å². The summed E-state index contributed by atoms with van der Waals surface area (Å²) >= 11 is 0. The molecular weight excluding hydrogens is 333 g/mol. The SMILES string of the molecule is O=C(Nc1c(F)cc(C(F)(F)F)cc1F)c1ccc2cccnn12. The molecule has 124 valence electrons. The van der Waals surface area contributed by atoms with Crippen molar-refractivity contribution >= 4 is 17.1 Å². The molecule has 1 N–H and O–H groups in total. The zero-order valence-corrected chi connectivity index (χ0v) is 11.7. The van der Waals surface area contributed by atoms with Crippen LogP contribution in [0.1, 0.15) is 16.1 Å². The molecule has 0 aliphatic heterocycles. The van der Waals surface area contributed by atoms with Crippen molar-refractivity contribution in [2.75, 3.05) is 5.32 Å². The van der Waals surface area contributed by atoms with Gasteiger partial charge in [-0.25, -0.2) is 13.3 Å². The molecule has 4 nitrogen and oxygen atoms in total. The first kappa shape index (κ1) is 15.9. The highest BCUT2D eigenvalue weighted by Gasteiger charge is 2.33. The molecule has 0 spiro atoms. The number of alkyl halides is 3. The summed E-state index contributed by atoms with van der Waals surface area (Å²) in [6.45, 7) is 0. The zero-order chi connectivity index (χ0) is 17.5. The number of anilines is 1. The molecule has 0 fully saturated rings. The molecule has 0 aliphatic carbocycles. The highest BCUT2D eigenvalue weighted by atomic mass is 19.4. The number of amides is 1. The minimum Gasteiger partial charge on any atom is -0.316 e. The van der Waals surface area contributed by atoms with Gasteiger partial charge in [-0.3, -0.25) is 4.79 Å². The zero-order valence-electron chi connectivity index (χ0n) is 11.7. The van der Waals surface area contributed by atoms with Crippen LogP contribution in [0, 0.1) is 11.6 Å². The number of hydrogen-bond acceptors (Lipinski definition) is 2. The molecule has 2 heterocycles. The number of benzene rings is 1. The van der Waals surface area contributed by atoms with Crippen molar-refractivity contribution in [3.05, 3.63) is 65.5 Å². The Kier molecular flexibility index (Phi) is 3.70. The Morgan fingerprint density at radius 1 is 1.08 bits per heavy atom. The molecule has 0 saturated carbocycles. The van der Waals surface area contributed by atoms with Gasteiger partial charge >= 0.3 is 6.18 Å². The van der Waals surface area contributed by atoms with Gasteiger partial charge in [0.25, 0.3) is 5.91 Å². The van der Waals surface area contributed by atoms with E-state index >= 15 is 0 Å². The predicted octanol–water partition coefficient (Wildman–Crippen LogP) is 3.88. The van der Waals surface area contributed by atoms with Gasteiger partial charge in [0.05, 0.1) is 11.1 Å². The smallest absolute Gasteiger partial charge is 0.316 e. The summed E-state index contributed by atoms with van der Waals surface area (Å²) in [4.78, 5) is 12.1. The third kappa shape index (κ3) is 2.80. The number of rotatable bonds is 2. The molecule has 3 aromatic rings. The van der Waals surface area contributed by atoms with E-state index in [0.717, 1.165) is 0 Å². The van der Waals surface area contributed by atoms with Crippen molar-refractivity contribution in [1.82, 2.24) is 9.61 Å². The molecular formula is C15H8F5N3O. The number of aromatic nitrogens is 2. The van der Waals surface area contributed by atoms with E-state index < -0.39 is 35.0 Å². The second-order valence-electron chi connectivity index (χ2n) is 4.85. The van der Waals surface area contributed by atoms with Crippen molar-refractivity contribution in [2.24, 2.45) is 0 Å². The van der Waals surface area contributed by atoms with Crippen molar-refractivity contribution in [2.45, 2.75) is 6.18 Å².